The highest BCUT2D eigenvalue weighted by Gasteiger charge is 2.17. The number of aliphatic hydroxyl groups is 1. The van der Waals surface area contributed by atoms with Crippen molar-refractivity contribution in [1.29, 1.82) is 0 Å². The number of aliphatic hydroxyl groups excluding tert-OH is 1. The molecular formula is C12H15Cl2NO3S. The van der Waals surface area contributed by atoms with E-state index in [4.69, 9.17) is 23.2 Å². The summed E-state index contributed by atoms with van der Waals surface area (Å²) in [6, 6.07) is 4.49. The molecule has 1 rings (SSSR count). The van der Waals surface area contributed by atoms with Crippen LogP contribution in [0.25, 0.3) is 0 Å². The zero-order valence-corrected chi connectivity index (χ0v) is 12.7. The topological polar surface area (TPSA) is 66.4 Å². The maximum Gasteiger partial charge on any atom is 0.253 e. The Hall–Kier alpha value is -0.620. The Balaban J connectivity index is 2.54. The van der Waals surface area contributed by atoms with Crippen molar-refractivity contribution in [3.05, 3.63) is 33.8 Å². The van der Waals surface area contributed by atoms with E-state index in [0.717, 1.165) is 0 Å². The van der Waals surface area contributed by atoms with Crippen LogP contribution in [0.1, 0.15) is 18.1 Å². The van der Waals surface area contributed by atoms with Gasteiger partial charge in [0.05, 0.1) is 0 Å². The van der Waals surface area contributed by atoms with Crippen LogP contribution in [0, 0.1) is 0 Å². The molecule has 0 unspecified atom stereocenters. The summed E-state index contributed by atoms with van der Waals surface area (Å²) in [4.78, 5) is 11.7. The molecular weight excluding hydrogens is 309 g/mol. The second-order valence-corrected chi connectivity index (χ2v) is 6.45. The van der Waals surface area contributed by atoms with Crippen LogP contribution in [0.5, 0.6) is 0 Å². The number of carbonyl (C=O) groups excluding carboxylic acids is 1. The summed E-state index contributed by atoms with van der Waals surface area (Å²) in [7, 11) is -0.882. The molecule has 1 aromatic carbocycles. The van der Waals surface area contributed by atoms with Gasteiger partial charge in [-0.3, -0.25) is 9.00 Å². The molecule has 0 fully saturated rings. The van der Waals surface area contributed by atoms with Crippen molar-refractivity contribution in [3.63, 3.8) is 0 Å². The van der Waals surface area contributed by atoms with E-state index >= 15 is 0 Å². The van der Waals surface area contributed by atoms with E-state index in [1.54, 1.807) is 6.26 Å². The molecule has 106 valence electrons. The van der Waals surface area contributed by atoms with E-state index in [9.17, 15) is 14.1 Å². The molecule has 0 aliphatic carbocycles. The number of nitrogens with one attached hydrogen (secondary N) is 1. The highest BCUT2D eigenvalue weighted by Crippen LogP contribution is 2.23. The molecule has 0 aromatic heterocycles. The summed E-state index contributed by atoms with van der Waals surface area (Å²) >= 11 is 11.6. The number of halogens is 2. The largest absolute Gasteiger partial charge is 0.378 e. The molecule has 0 spiro atoms. The van der Waals surface area contributed by atoms with Gasteiger partial charge in [-0.05, 0) is 30.2 Å². The van der Waals surface area contributed by atoms with E-state index in [2.05, 4.69) is 5.32 Å². The van der Waals surface area contributed by atoms with Crippen LogP contribution in [-0.2, 0) is 15.6 Å². The molecule has 2 atom stereocenters. The Morgan fingerprint density at radius 1 is 1.37 bits per heavy atom. The molecule has 0 heterocycles. The average molecular weight is 324 g/mol. The predicted molar refractivity (Wildman–Crippen MR) is 78.0 cm³/mol. The molecule has 0 radical (unpaired) electrons. The first-order chi connectivity index (χ1) is 8.90. The fourth-order valence-electron chi connectivity index (χ4n) is 1.47. The highest BCUT2D eigenvalue weighted by molar-refractivity contribution is 7.84. The quantitative estimate of drug-likeness (QED) is 0.786. The molecule has 0 saturated carbocycles. The van der Waals surface area contributed by atoms with Crippen molar-refractivity contribution in [1.82, 2.24) is 5.32 Å². The molecule has 0 saturated heterocycles. The molecule has 1 amide bonds. The zero-order valence-electron chi connectivity index (χ0n) is 10.4. The minimum Gasteiger partial charge on any atom is -0.378 e. The number of hydrogen-bond donors (Lipinski definition) is 2. The second kappa shape index (κ2) is 7.85. The van der Waals surface area contributed by atoms with Gasteiger partial charge < -0.3 is 10.4 Å². The van der Waals surface area contributed by atoms with Crippen LogP contribution < -0.4 is 5.32 Å². The molecule has 7 heteroatoms. The van der Waals surface area contributed by atoms with Gasteiger partial charge in [-0.2, -0.15) is 0 Å². The minimum atomic E-state index is -1.32. The Kier molecular flexibility index (Phi) is 6.79. The van der Waals surface area contributed by atoms with Crippen molar-refractivity contribution in [2.75, 3.05) is 18.6 Å². The summed E-state index contributed by atoms with van der Waals surface area (Å²) in [5.41, 5.74) is 0.342. The molecule has 0 aliphatic rings. The summed E-state index contributed by atoms with van der Waals surface area (Å²) in [6.45, 7) is 0.365. The smallest absolute Gasteiger partial charge is 0.253 e. The fourth-order valence-corrected chi connectivity index (χ4v) is 2.56. The van der Waals surface area contributed by atoms with Crippen LogP contribution in [-0.4, -0.2) is 33.8 Å². The molecule has 19 heavy (non-hydrogen) atoms. The van der Waals surface area contributed by atoms with Crippen LogP contribution in [0.4, 0.5) is 0 Å². The first kappa shape index (κ1) is 16.4. The Morgan fingerprint density at radius 2 is 1.95 bits per heavy atom. The van der Waals surface area contributed by atoms with Gasteiger partial charge in [0.25, 0.3) is 5.91 Å². The van der Waals surface area contributed by atoms with Gasteiger partial charge in [0, 0.05) is 39.4 Å². The fraction of sp³-hybridized carbons (Fsp3) is 0.417. The summed E-state index contributed by atoms with van der Waals surface area (Å²) in [5, 5.41) is 13.1. The van der Waals surface area contributed by atoms with Crippen LogP contribution in [0.2, 0.25) is 10.0 Å². The minimum absolute atomic E-state index is 0.342. The zero-order chi connectivity index (χ0) is 14.4. The Morgan fingerprint density at radius 3 is 2.47 bits per heavy atom. The monoisotopic (exact) mass is 323 g/mol. The van der Waals surface area contributed by atoms with E-state index in [1.807, 2.05) is 0 Å². The predicted octanol–water partition coefficient (Wildman–Crippen LogP) is 1.91. The van der Waals surface area contributed by atoms with Gasteiger partial charge in [0.2, 0.25) is 0 Å². The van der Waals surface area contributed by atoms with Gasteiger partial charge in [0.1, 0.15) is 0 Å². The van der Waals surface area contributed by atoms with E-state index in [-0.39, 0.29) is 0 Å². The lowest BCUT2D eigenvalue weighted by molar-refractivity contribution is -0.129. The van der Waals surface area contributed by atoms with Crippen molar-refractivity contribution >= 4 is 39.9 Å². The number of rotatable bonds is 6. The number of benzene rings is 1. The third kappa shape index (κ3) is 5.91. The maximum absolute atomic E-state index is 11.7. The number of carbonyl (C=O) groups is 1. The summed E-state index contributed by atoms with van der Waals surface area (Å²) in [5.74, 6) is -0.0143. The summed E-state index contributed by atoms with van der Waals surface area (Å²) in [6.07, 6.45) is 0.881. The van der Waals surface area contributed by atoms with Gasteiger partial charge >= 0.3 is 0 Å². The number of amides is 1. The Bertz CT molecular complexity index is 462. The molecule has 1 aromatic rings. The molecule has 4 nitrogen and oxygen atoms in total. The van der Waals surface area contributed by atoms with Gasteiger partial charge in [-0.25, -0.2) is 0 Å². The first-order valence-electron chi connectivity index (χ1n) is 5.62. The maximum atomic E-state index is 11.7. The normalized spacial score (nSPS) is 13.9. The van der Waals surface area contributed by atoms with E-state index < -0.39 is 22.8 Å². The second-order valence-electron chi connectivity index (χ2n) is 4.03. The Labute approximate surface area is 124 Å². The van der Waals surface area contributed by atoms with E-state index in [0.29, 0.717) is 34.3 Å². The van der Waals surface area contributed by atoms with Crippen LogP contribution in [0.3, 0.4) is 0 Å². The summed E-state index contributed by atoms with van der Waals surface area (Å²) < 4.78 is 10.8. The van der Waals surface area contributed by atoms with E-state index in [1.165, 1.54) is 18.2 Å². The SMILES string of the molecule is C[S@@](=O)CCCNC(=O)[C@@H](O)c1cc(Cl)cc(Cl)c1. The molecule has 0 aliphatic heterocycles. The first-order valence-corrected chi connectivity index (χ1v) is 8.10. The van der Waals surface area contributed by atoms with Gasteiger partial charge in [-0.15, -0.1) is 0 Å². The van der Waals surface area contributed by atoms with Crippen LogP contribution >= 0.6 is 23.2 Å². The van der Waals surface area contributed by atoms with Crippen molar-refractivity contribution in [3.8, 4) is 0 Å². The third-order valence-electron chi connectivity index (χ3n) is 2.36. The number of hydrogen-bond acceptors (Lipinski definition) is 3. The molecule has 0 bridgehead atoms. The lowest BCUT2D eigenvalue weighted by Crippen LogP contribution is -2.30. The highest BCUT2D eigenvalue weighted by atomic mass is 35.5. The molecule has 2 N–H and O–H groups in total. The lowest BCUT2D eigenvalue weighted by Gasteiger charge is -2.12. The lowest BCUT2D eigenvalue weighted by atomic mass is 10.1. The van der Waals surface area contributed by atoms with Crippen LogP contribution in [0.15, 0.2) is 18.2 Å². The van der Waals surface area contributed by atoms with Crippen molar-refractivity contribution in [2.24, 2.45) is 0 Å². The average Bonchev–Trinajstić information content (AvgIpc) is 2.32. The van der Waals surface area contributed by atoms with Crippen molar-refractivity contribution in [2.45, 2.75) is 12.5 Å². The van der Waals surface area contributed by atoms with Gasteiger partial charge in [-0.1, -0.05) is 23.2 Å². The third-order valence-corrected chi connectivity index (χ3v) is 3.66. The van der Waals surface area contributed by atoms with Crippen molar-refractivity contribution < 1.29 is 14.1 Å². The standard InChI is InChI=1S/C12H15Cl2NO3S/c1-19(18)4-2-3-15-12(17)11(16)8-5-9(13)7-10(14)6-8/h5-7,11,16H,2-4H2,1H3,(H,15,17)/t11-,19+/m0/s1. The van der Waals surface area contributed by atoms with Gasteiger partial charge in [0.15, 0.2) is 6.10 Å².